The van der Waals surface area contributed by atoms with E-state index in [1.165, 1.54) is 18.2 Å². The minimum atomic E-state index is -2.46. The standard InChI is InChI=1S/C26H31F2N5O2S/c1-16(2)33-36(4,34)15-18-10-20-13-21(11-18)35-17(3)6-5-9-29-24-12-19(27)7-8-22(24)25-23(28)14-30-26(31-20)32-25/h7-8,10-14,16-17,29H,5-6,9,15H2,1-4H3,(H,30,31,32). The summed E-state index contributed by atoms with van der Waals surface area (Å²) in [6.45, 7) is 6.32. The molecule has 4 rings (SSSR count). The maximum Gasteiger partial charge on any atom is 0.227 e. The molecule has 36 heavy (non-hydrogen) atoms. The maximum absolute atomic E-state index is 14.8. The highest BCUT2D eigenvalue weighted by molar-refractivity contribution is 7.92. The molecule has 3 aromatic rings. The first kappa shape index (κ1) is 25.8. The van der Waals surface area contributed by atoms with Crippen molar-refractivity contribution in [2.24, 2.45) is 4.36 Å². The molecule has 4 bridgehead atoms. The predicted molar refractivity (Wildman–Crippen MR) is 140 cm³/mol. The summed E-state index contributed by atoms with van der Waals surface area (Å²) in [6.07, 6.45) is 4.11. The van der Waals surface area contributed by atoms with Crippen LogP contribution < -0.4 is 15.4 Å². The average Bonchev–Trinajstić information content (AvgIpc) is 2.76. The number of hydrogen-bond donors (Lipinski definition) is 2. The van der Waals surface area contributed by atoms with Gasteiger partial charge in [0, 0.05) is 45.5 Å². The Morgan fingerprint density at radius 1 is 1.22 bits per heavy atom. The number of nitrogens with zero attached hydrogens (tertiary/aromatic N) is 3. The van der Waals surface area contributed by atoms with Crippen molar-refractivity contribution in [3.8, 4) is 17.0 Å². The van der Waals surface area contributed by atoms with Gasteiger partial charge in [-0.3, -0.25) is 0 Å². The van der Waals surface area contributed by atoms with Crippen LogP contribution in [0.5, 0.6) is 5.75 Å². The highest BCUT2D eigenvalue weighted by Crippen LogP contribution is 2.32. The summed E-state index contributed by atoms with van der Waals surface area (Å²) in [4.78, 5) is 8.48. The van der Waals surface area contributed by atoms with Crippen LogP contribution in [0.3, 0.4) is 0 Å². The fourth-order valence-electron chi connectivity index (χ4n) is 4.20. The summed E-state index contributed by atoms with van der Waals surface area (Å²) in [5.74, 6) is -0.0189. The monoisotopic (exact) mass is 515 g/mol. The number of hydrogen-bond acceptors (Lipinski definition) is 7. The molecule has 0 saturated carbocycles. The SMILES string of the molecule is CC(C)N=S(C)(=O)Cc1cc2cc(c1)OC(C)CCCNc1cc(F)ccc1-c1nc(ncc1F)N2. The number of aromatic nitrogens is 2. The van der Waals surface area contributed by atoms with Crippen molar-refractivity contribution >= 4 is 27.1 Å². The van der Waals surface area contributed by atoms with E-state index < -0.39 is 21.4 Å². The summed E-state index contributed by atoms with van der Waals surface area (Å²) in [5.41, 5.74) is 2.34. The lowest BCUT2D eigenvalue weighted by molar-refractivity contribution is 0.209. The first-order chi connectivity index (χ1) is 17.1. The van der Waals surface area contributed by atoms with Gasteiger partial charge in [0.15, 0.2) is 5.82 Å². The lowest BCUT2D eigenvalue weighted by Crippen LogP contribution is -2.14. The molecule has 1 aliphatic heterocycles. The molecular weight excluding hydrogens is 484 g/mol. The van der Waals surface area contributed by atoms with E-state index in [1.807, 2.05) is 39.0 Å². The van der Waals surface area contributed by atoms with Gasteiger partial charge in [0.2, 0.25) is 5.95 Å². The molecule has 0 amide bonds. The molecule has 2 heterocycles. The van der Waals surface area contributed by atoms with Crippen LogP contribution in [-0.2, 0) is 15.5 Å². The minimum absolute atomic E-state index is 0.0509. The van der Waals surface area contributed by atoms with Gasteiger partial charge < -0.3 is 15.4 Å². The molecule has 0 radical (unpaired) electrons. The quantitative estimate of drug-likeness (QED) is 0.435. The molecule has 1 aromatic heterocycles. The lowest BCUT2D eigenvalue weighted by atomic mass is 10.1. The zero-order chi connectivity index (χ0) is 25.9. The van der Waals surface area contributed by atoms with Crippen LogP contribution in [0.4, 0.5) is 26.1 Å². The molecule has 2 aromatic carbocycles. The van der Waals surface area contributed by atoms with E-state index >= 15 is 0 Å². The van der Waals surface area contributed by atoms with Crippen LogP contribution in [0.15, 0.2) is 47.0 Å². The maximum atomic E-state index is 14.8. The molecule has 0 aliphatic carbocycles. The molecule has 2 unspecified atom stereocenters. The van der Waals surface area contributed by atoms with Gasteiger partial charge in [0.1, 0.15) is 17.3 Å². The average molecular weight is 516 g/mol. The molecule has 1 aliphatic rings. The largest absolute Gasteiger partial charge is 0.491 e. The highest BCUT2D eigenvalue weighted by Gasteiger charge is 2.17. The van der Waals surface area contributed by atoms with Crippen molar-refractivity contribution in [3.63, 3.8) is 0 Å². The fraction of sp³-hybridized carbons (Fsp3) is 0.385. The Labute approximate surface area is 210 Å². The van der Waals surface area contributed by atoms with E-state index in [-0.39, 0.29) is 29.5 Å². The van der Waals surface area contributed by atoms with E-state index in [0.29, 0.717) is 29.2 Å². The van der Waals surface area contributed by atoms with Crippen LogP contribution in [0.1, 0.15) is 39.2 Å². The first-order valence-corrected chi connectivity index (χ1v) is 14.0. The molecule has 7 nitrogen and oxygen atoms in total. The van der Waals surface area contributed by atoms with Gasteiger partial charge in [0.05, 0.1) is 24.1 Å². The lowest BCUT2D eigenvalue weighted by Gasteiger charge is -2.17. The highest BCUT2D eigenvalue weighted by atomic mass is 32.2. The van der Waals surface area contributed by atoms with Crippen molar-refractivity contribution in [2.75, 3.05) is 23.4 Å². The molecule has 192 valence electrons. The van der Waals surface area contributed by atoms with Gasteiger partial charge in [-0.25, -0.2) is 27.3 Å². The molecule has 0 spiro atoms. The van der Waals surface area contributed by atoms with E-state index in [2.05, 4.69) is 25.0 Å². The molecule has 10 heteroatoms. The topological polar surface area (TPSA) is 88.5 Å². The number of halogens is 2. The third kappa shape index (κ3) is 6.69. The van der Waals surface area contributed by atoms with Crippen LogP contribution in [0, 0.1) is 11.6 Å². The summed E-state index contributed by atoms with van der Waals surface area (Å²) >= 11 is 0. The summed E-state index contributed by atoms with van der Waals surface area (Å²) in [5, 5.41) is 6.32. The number of ether oxygens (including phenoxy) is 1. The number of rotatable bonds is 3. The van der Waals surface area contributed by atoms with Crippen LogP contribution in [0.2, 0.25) is 0 Å². The van der Waals surface area contributed by atoms with E-state index in [0.717, 1.165) is 24.6 Å². The predicted octanol–water partition coefficient (Wildman–Crippen LogP) is 6.14. The minimum Gasteiger partial charge on any atom is -0.491 e. The molecular formula is C26H31F2N5O2S. The van der Waals surface area contributed by atoms with Crippen molar-refractivity contribution in [2.45, 2.75) is 51.5 Å². The summed E-state index contributed by atoms with van der Waals surface area (Å²) in [6, 6.07) is 9.58. The van der Waals surface area contributed by atoms with Gasteiger partial charge in [-0.1, -0.05) is 0 Å². The third-order valence-electron chi connectivity index (χ3n) is 5.51. The third-order valence-corrected chi connectivity index (χ3v) is 7.25. The zero-order valence-corrected chi connectivity index (χ0v) is 21.7. The van der Waals surface area contributed by atoms with Crippen molar-refractivity contribution in [1.82, 2.24) is 9.97 Å². The second-order valence-electron chi connectivity index (χ2n) is 9.37. The fourth-order valence-corrected chi connectivity index (χ4v) is 5.95. The second kappa shape index (κ2) is 10.8. The van der Waals surface area contributed by atoms with Crippen LogP contribution in [0.25, 0.3) is 11.3 Å². The molecule has 2 N–H and O–H groups in total. The number of benzene rings is 2. The number of fused-ring (bicyclic) bond motifs is 6. The van der Waals surface area contributed by atoms with E-state index in [1.54, 1.807) is 6.26 Å². The van der Waals surface area contributed by atoms with Gasteiger partial charge >= 0.3 is 0 Å². The van der Waals surface area contributed by atoms with Crippen LogP contribution in [-0.4, -0.2) is 39.1 Å². The van der Waals surface area contributed by atoms with Gasteiger partial charge in [-0.2, -0.15) is 0 Å². The first-order valence-electron chi connectivity index (χ1n) is 11.9. The normalized spacial score (nSPS) is 17.4. The Bertz CT molecular complexity index is 1370. The molecule has 2 atom stereocenters. The Balaban J connectivity index is 1.78. The second-order valence-corrected chi connectivity index (χ2v) is 11.8. The summed E-state index contributed by atoms with van der Waals surface area (Å²) < 4.78 is 52.4. The van der Waals surface area contributed by atoms with Gasteiger partial charge in [-0.05, 0) is 69.5 Å². The number of nitrogens with one attached hydrogen (secondary N) is 2. The smallest absolute Gasteiger partial charge is 0.227 e. The van der Waals surface area contributed by atoms with Crippen LogP contribution >= 0.6 is 0 Å². The Morgan fingerprint density at radius 2 is 2.03 bits per heavy atom. The van der Waals surface area contributed by atoms with E-state index in [9.17, 15) is 13.0 Å². The van der Waals surface area contributed by atoms with Crippen molar-refractivity contribution < 1.29 is 17.7 Å². The Hall–Kier alpha value is -3.27. The van der Waals surface area contributed by atoms with Crippen molar-refractivity contribution in [1.29, 1.82) is 0 Å². The molecule has 0 saturated heterocycles. The summed E-state index contributed by atoms with van der Waals surface area (Å²) in [7, 11) is -2.46. The van der Waals surface area contributed by atoms with Gasteiger partial charge in [-0.15, -0.1) is 0 Å². The van der Waals surface area contributed by atoms with Gasteiger partial charge in [0.25, 0.3) is 0 Å². The molecule has 0 fully saturated rings. The zero-order valence-electron chi connectivity index (χ0n) is 20.8. The number of anilines is 3. The van der Waals surface area contributed by atoms with Crippen molar-refractivity contribution in [3.05, 3.63) is 59.8 Å². The Morgan fingerprint density at radius 3 is 2.81 bits per heavy atom. The van der Waals surface area contributed by atoms with E-state index in [4.69, 9.17) is 4.74 Å². The Kier molecular flexibility index (Phi) is 7.73.